The molecule has 0 saturated carbocycles. The van der Waals surface area contributed by atoms with Crippen LogP contribution >= 0.6 is 11.3 Å². The topological polar surface area (TPSA) is 57.7 Å². The van der Waals surface area contributed by atoms with Gasteiger partial charge in [-0.1, -0.05) is 12.1 Å². The molecule has 1 aliphatic heterocycles. The fraction of sp³-hybridized carbons (Fsp3) is 0.333. The molecule has 0 unspecified atom stereocenters. The normalized spacial score (nSPS) is 14.5. The molecule has 1 N–H and O–H groups in total. The quantitative estimate of drug-likeness (QED) is 0.614. The Morgan fingerprint density at radius 3 is 2.45 bits per heavy atom. The van der Waals surface area contributed by atoms with Crippen molar-refractivity contribution in [3.63, 3.8) is 0 Å². The van der Waals surface area contributed by atoms with Crippen molar-refractivity contribution in [3.05, 3.63) is 65.2 Å². The van der Waals surface area contributed by atoms with Gasteiger partial charge in [-0.3, -0.25) is 4.79 Å². The summed E-state index contributed by atoms with van der Waals surface area (Å²) in [6.07, 6.45) is 2.44. The lowest BCUT2D eigenvalue weighted by Crippen LogP contribution is -2.44. The summed E-state index contributed by atoms with van der Waals surface area (Å²) in [7, 11) is 3.82. The number of benzene rings is 2. The van der Waals surface area contributed by atoms with Gasteiger partial charge in [0.2, 0.25) is 0 Å². The molecule has 0 spiro atoms. The van der Waals surface area contributed by atoms with Gasteiger partial charge in [-0.25, -0.2) is 4.98 Å². The fourth-order valence-corrected chi connectivity index (χ4v) is 4.43. The lowest BCUT2D eigenvalue weighted by Gasteiger charge is -2.34. The van der Waals surface area contributed by atoms with E-state index < -0.39 is 0 Å². The summed E-state index contributed by atoms with van der Waals surface area (Å²) in [5.74, 6) is 0.757. The number of nitrogens with zero attached hydrogens (tertiary/aromatic N) is 3. The molecule has 0 atom stereocenters. The first-order valence-corrected chi connectivity index (χ1v) is 11.3. The van der Waals surface area contributed by atoms with E-state index in [0.717, 1.165) is 54.5 Å². The standard InChI is InChI=1S/C24H28N4O2S/c1-27-13-15-28(16-14-27)20-7-5-19(6-8-20)24-26-17-22(31-24)23(29)25-12-11-18-3-9-21(30-2)10-4-18/h3-10,17H,11-16H2,1-2H3,(H,25,29). The number of rotatable bonds is 7. The molecular weight excluding hydrogens is 408 g/mol. The number of methoxy groups -OCH3 is 1. The molecule has 1 amide bonds. The van der Waals surface area contributed by atoms with Crippen LogP contribution in [0.4, 0.5) is 5.69 Å². The van der Waals surface area contributed by atoms with Crippen molar-refractivity contribution in [2.45, 2.75) is 6.42 Å². The first kappa shape index (κ1) is 21.3. The number of aromatic nitrogens is 1. The summed E-state index contributed by atoms with van der Waals surface area (Å²) in [6.45, 7) is 4.86. The van der Waals surface area contributed by atoms with E-state index in [2.05, 4.69) is 51.4 Å². The Hall–Kier alpha value is -2.90. The highest BCUT2D eigenvalue weighted by atomic mass is 32.1. The number of piperazine rings is 1. The van der Waals surface area contributed by atoms with Crippen molar-refractivity contribution in [2.24, 2.45) is 0 Å². The highest BCUT2D eigenvalue weighted by Gasteiger charge is 2.15. The summed E-state index contributed by atoms with van der Waals surface area (Å²) in [5, 5.41) is 3.85. The van der Waals surface area contributed by atoms with Gasteiger partial charge in [0.1, 0.15) is 15.6 Å². The molecule has 0 radical (unpaired) electrons. The largest absolute Gasteiger partial charge is 0.497 e. The maximum atomic E-state index is 12.5. The Bertz CT molecular complexity index is 993. The molecule has 6 nitrogen and oxygen atoms in total. The van der Waals surface area contributed by atoms with Crippen molar-refractivity contribution in [1.29, 1.82) is 0 Å². The minimum absolute atomic E-state index is 0.0775. The first-order valence-electron chi connectivity index (χ1n) is 10.5. The Kier molecular flexibility index (Phi) is 6.84. The molecule has 4 rings (SSSR count). The van der Waals surface area contributed by atoms with E-state index >= 15 is 0 Å². The molecule has 2 aromatic carbocycles. The van der Waals surface area contributed by atoms with Crippen molar-refractivity contribution < 1.29 is 9.53 Å². The van der Waals surface area contributed by atoms with Gasteiger partial charge in [0, 0.05) is 44.0 Å². The van der Waals surface area contributed by atoms with Crippen LogP contribution in [0.25, 0.3) is 10.6 Å². The number of amides is 1. The number of carbonyl (C=O) groups excluding carboxylic acids is 1. The minimum atomic E-state index is -0.0775. The van der Waals surface area contributed by atoms with Gasteiger partial charge in [0.05, 0.1) is 13.3 Å². The van der Waals surface area contributed by atoms with Crippen LogP contribution in [0.3, 0.4) is 0 Å². The van der Waals surface area contributed by atoms with Gasteiger partial charge in [-0.2, -0.15) is 0 Å². The molecule has 1 fully saturated rings. The van der Waals surface area contributed by atoms with Gasteiger partial charge < -0.3 is 19.9 Å². The zero-order valence-electron chi connectivity index (χ0n) is 18.0. The minimum Gasteiger partial charge on any atom is -0.497 e. The zero-order valence-corrected chi connectivity index (χ0v) is 18.8. The average Bonchev–Trinajstić information content (AvgIpc) is 3.31. The third-order valence-electron chi connectivity index (χ3n) is 5.57. The van der Waals surface area contributed by atoms with Crippen LogP contribution in [0.5, 0.6) is 5.75 Å². The maximum absolute atomic E-state index is 12.5. The van der Waals surface area contributed by atoms with Crippen LogP contribution in [0.1, 0.15) is 15.2 Å². The van der Waals surface area contributed by atoms with Crippen LogP contribution in [0.15, 0.2) is 54.7 Å². The second-order valence-corrected chi connectivity index (χ2v) is 8.75. The van der Waals surface area contributed by atoms with E-state index in [1.165, 1.54) is 17.0 Å². The molecule has 0 aliphatic carbocycles. The Labute approximate surface area is 187 Å². The Morgan fingerprint density at radius 2 is 1.77 bits per heavy atom. The van der Waals surface area contributed by atoms with E-state index in [-0.39, 0.29) is 5.91 Å². The summed E-state index contributed by atoms with van der Waals surface area (Å²) >= 11 is 1.43. The van der Waals surface area contributed by atoms with Crippen LogP contribution < -0.4 is 15.0 Å². The lowest BCUT2D eigenvalue weighted by molar-refractivity contribution is 0.0958. The average molecular weight is 437 g/mol. The molecule has 3 aromatic rings. The molecule has 31 heavy (non-hydrogen) atoms. The molecule has 1 aliphatic rings. The number of hydrogen-bond acceptors (Lipinski definition) is 6. The summed E-state index contributed by atoms with van der Waals surface area (Å²) < 4.78 is 5.17. The Morgan fingerprint density at radius 1 is 1.06 bits per heavy atom. The van der Waals surface area contributed by atoms with E-state index in [1.807, 2.05) is 24.3 Å². The van der Waals surface area contributed by atoms with Gasteiger partial charge >= 0.3 is 0 Å². The number of carbonyl (C=O) groups is 1. The third-order valence-corrected chi connectivity index (χ3v) is 6.62. The summed E-state index contributed by atoms with van der Waals surface area (Å²) in [5.41, 5.74) is 3.44. The van der Waals surface area contributed by atoms with Crippen LogP contribution in [-0.2, 0) is 6.42 Å². The number of nitrogens with one attached hydrogen (secondary N) is 1. The molecule has 7 heteroatoms. The van der Waals surface area contributed by atoms with Crippen molar-refractivity contribution in [1.82, 2.24) is 15.2 Å². The molecular formula is C24H28N4O2S. The van der Waals surface area contributed by atoms with Crippen molar-refractivity contribution >= 4 is 22.9 Å². The molecule has 1 aromatic heterocycles. The van der Waals surface area contributed by atoms with Crippen LogP contribution in [-0.4, -0.2) is 62.7 Å². The van der Waals surface area contributed by atoms with E-state index in [4.69, 9.17) is 4.74 Å². The van der Waals surface area contributed by atoms with Crippen molar-refractivity contribution in [2.75, 3.05) is 51.8 Å². The van der Waals surface area contributed by atoms with Gasteiger partial charge in [0.15, 0.2) is 0 Å². The summed E-state index contributed by atoms with van der Waals surface area (Å²) in [6, 6.07) is 16.4. The zero-order chi connectivity index (χ0) is 21.6. The lowest BCUT2D eigenvalue weighted by atomic mass is 10.1. The smallest absolute Gasteiger partial charge is 0.263 e. The number of ether oxygens (including phenoxy) is 1. The monoisotopic (exact) mass is 436 g/mol. The molecule has 2 heterocycles. The van der Waals surface area contributed by atoms with Crippen LogP contribution in [0, 0.1) is 0 Å². The third kappa shape index (κ3) is 5.42. The van der Waals surface area contributed by atoms with E-state index in [0.29, 0.717) is 11.4 Å². The summed E-state index contributed by atoms with van der Waals surface area (Å²) in [4.78, 5) is 22.4. The second-order valence-electron chi connectivity index (χ2n) is 7.72. The fourth-order valence-electron chi connectivity index (χ4n) is 3.59. The highest BCUT2D eigenvalue weighted by Crippen LogP contribution is 2.27. The molecule has 0 bridgehead atoms. The van der Waals surface area contributed by atoms with Gasteiger partial charge in [-0.05, 0) is 55.4 Å². The predicted octanol–water partition coefficient (Wildman–Crippen LogP) is 3.54. The predicted molar refractivity (Wildman–Crippen MR) is 126 cm³/mol. The van der Waals surface area contributed by atoms with E-state index in [1.54, 1.807) is 13.3 Å². The van der Waals surface area contributed by atoms with Gasteiger partial charge in [0.25, 0.3) is 5.91 Å². The highest BCUT2D eigenvalue weighted by molar-refractivity contribution is 7.16. The number of hydrogen-bond donors (Lipinski definition) is 1. The number of thiazole rings is 1. The molecule has 1 saturated heterocycles. The van der Waals surface area contributed by atoms with E-state index in [9.17, 15) is 4.79 Å². The second kappa shape index (κ2) is 9.94. The van der Waals surface area contributed by atoms with Crippen molar-refractivity contribution in [3.8, 4) is 16.3 Å². The SMILES string of the molecule is COc1ccc(CCNC(=O)c2cnc(-c3ccc(N4CCN(C)CC4)cc3)s2)cc1. The maximum Gasteiger partial charge on any atom is 0.263 e. The Balaban J connectivity index is 1.31. The number of likely N-dealkylation sites (N-methyl/N-ethyl adjacent to an activating group) is 1. The first-order chi connectivity index (χ1) is 15.1. The number of anilines is 1. The molecule has 162 valence electrons. The van der Waals surface area contributed by atoms with Gasteiger partial charge in [-0.15, -0.1) is 11.3 Å². The van der Waals surface area contributed by atoms with Crippen LogP contribution in [0.2, 0.25) is 0 Å².